The van der Waals surface area contributed by atoms with Crippen LogP contribution in [0.5, 0.6) is 5.75 Å². The lowest BCUT2D eigenvalue weighted by Gasteiger charge is -2.10. The predicted molar refractivity (Wildman–Crippen MR) is 68.2 cm³/mol. The fraction of sp³-hybridized carbons (Fsp3) is 0.222. The van der Waals surface area contributed by atoms with Crippen molar-refractivity contribution in [3.8, 4) is 5.75 Å². The summed E-state index contributed by atoms with van der Waals surface area (Å²) in [6.45, 7) is 0. The van der Waals surface area contributed by atoms with Gasteiger partial charge in [-0.3, -0.25) is 4.79 Å². The van der Waals surface area contributed by atoms with Crippen LogP contribution in [0.2, 0.25) is 0 Å². The van der Waals surface area contributed by atoms with Crippen LogP contribution in [0, 0.1) is 3.57 Å². The molecule has 0 bridgehead atoms. The molecule has 0 aliphatic rings. The molecule has 1 aromatic rings. The minimum Gasteiger partial charge on any atom is -0.496 e. The number of nitrogens with one attached hydrogen (secondary N) is 1. The maximum Gasteiger partial charge on any atom is 0.516 e. The minimum absolute atomic E-state index is 0.248. The van der Waals surface area contributed by atoms with Crippen LogP contribution in [-0.2, 0) is 10.0 Å². The topological polar surface area (TPSA) is 72.5 Å². The van der Waals surface area contributed by atoms with E-state index in [9.17, 15) is 26.4 Å². The van der Waals surface area contributed by atoms with Crippen LogP contribution in [0.1, 0.15) is 10.4 Å². The highest BCUT2D eigenvalue weighted by Crippen LogP contribution is 2.24. The third kappa shape index (κ3) is 3.72. The summed E-state index contributed by atoms with van der Waals surface area (Å²) >= 11 is 1.89. The van der Waals surface area contributed by atoms with Gasteiger partial charge in [-0.2, -0.15) is 21.6 Å². The van der Waals surface area contributed by atoms with Gasteiger partial charge in [0.15, 0.2) is 0 Å². The summed E-state index contributed by atoms with van der Waals surface area (Å²) in [4.78, 5) is 11.4. The molecule has 1 rings (SSSR count). The third-order valence-electron chi connectivity index (χ3n) is 1.95. The number of halogens is 4. The second kappa shape index (κ2) is 5.53. The van der Waals surface area contributed by atoms with Gasteiger partial charge in [-0.15, -0.1) is 0 Å². The molecule has 1 N–H and O–H groups in total. The van der Waals surface area contributed by atoms with Crippen molar-refractivity contribution in [2.45, 2.75) is 5.51 Å². The number of methoxy groups -OCH3 is 1. The van der Waals surface area contributed by atoms with Crippen LogP contribution in [0.25, 0.3) is 0 Å². The molecule has 1 amide bonds. The second-order valence-electron chi connectivity index (χ2n) is 3.23. The molecule has 0 fully saturated rings. The van der Waals surface area contributed by atoms with Crippen molar-refractivity contribution in [1.82, 2.24) is 4.72 Å². The van der Waals surface area contributed by atoms with Crippen LogP contribution in [-0.4, -0.2) is 26.9 Å². The number of hydrogen-bond acceptors (Lipinski definition) is 4. The van der Waals surface area contributed by atoms with Gasteiger partial charge in [0.25, 0.3) is 5.91 Å². The molecule has 0 saturated heterocycles. The predicted octanol–water partition coefficient (Wildman–Crippen LogP) is 1.88. The van der Waals surface area contributed by atoms with E-state index in [4.69, 9.17) is 4.74 Å². The molecule has 5 nitrogen and oxygen atoms in total. The molecule has 0 aliphatic carbocycles. The van der Waals surface area contributed by atoms with Crippen LogP contribution in [0.4, 0.5) is 13.2 Å². The Hall–Kier alpha value is -1.04. The molecule has 0 aromatic heterocycles. The van der Waals surface area contributed by atoms with E-state index < -0.39 is 21.4 Å². The zero-order valence-corrected chi connectivity index (χ0v) is 12.3. The summed E-state index contributed by atoms with van der Waals surface area (Å²) < 4.78 is 64.2. The summed E-state index contributed by atoms with van der Waals surface area (Å²) in [5.74, 6) is -1.13. The first-order valence-electron chi connectivity index (χ1n) is 4.55. The second-order valence-corrected chi connectivity index (χ2v) is 6.07. The molecule has 0 atom stereocenters. The van der Waals surface area contributed by atoms with Crippen LogP contribution in [0.15, 0.2) is 18.2 Å². The third-order valence-corrected chi connectivity index (χ3v) is 3.90. The average molecular weight is 409 g/mol. The lowest BCUT2D eigenvalue weighted by molar-refractivity contribution is -0.0446. The number of benzene rings is 1. The highest BCUT2D eigenvalue weighted by molar-refractivity contribution is 14.1. The summed E-state index contributed by atoms with van der Waals surface area (Å²) in [6.07, 6.45) is 0. The Bertz CT molecular complexity index is 600. The maximum atomic E-state index is 12.1. The van der Waals surface area contributed by atoms with E-state index in [1.165, 1.54) is 19.2 Å². The van der Waals surface area contributed by atoms with E-state index in [0.717, 1.165) is 10.8 Å². The van der Waals surface area contributed by atoms with Gasteiger partial charge in [-0.25, -0.2) is 4.72 Å². The van der Waals surface area contributed by atoms with Crippen molar-refractivity contribution in [2.75, 3.05) is 7.11 Å². The monoisotopic (exact) mass is 409 g/mol. The summed E-state index contributed by atoms with van der Waals surface area (Å²) in [7, 11) is -4.41. The number of ether oxygens (including phenoxy) is 1. The van der Waals surface area contributed by atoms with Crippen LogP contribution in [0.3, 0.4) is 0 Å². The zero-order chi connectivity index (χ0) is 14.8. The fourth-order valence-corrected chi connectivity index (χ4v) is 2.07. The van der Waals surface area contributed by atoms with Crippen molar-refractivity contribution in [3.63, 3.8) is 0 Å². The van der Waals surface area contributed by atoms with Crippen LogP contribution >= 0.6 is 22.6 Å². The van der Waals surface area contributed by atoms with Gasteiger partial charge < -0.3 is 4.74 Å². The van der Waals surface area contributed by atoms with Gasteiger partial charge in [-0.05, 0) is 40.8 Å². The van der Waals surface area contributed by atoms with Crippen molar-refractivity contribution in [3.05, 3.63) is 27.3 Å². The number of rotatable bonds is 3. The maximum absolute atomic E-state index is 12.1. The molecule has 19 heavy (non-hydrogen) atoms. The number of hydrogen-bond donors (Lipinski definition) is 1. The molecular formula is C9H7F3INO4S. The van der Waals surface area contributed by atoms with E-state index >= 15 is 0 Å². The number of alkyl halides is 3. The highest BCUT2D eigenvalue weighted by atomic mass is 127. The Morgan fingerprint density at radius 3 is 2.42 bits per heavy atom. The molecule has 0 aliphatic heterocycles. The largest absolute Gasteiger partial charge is 0.516 e. The van der Waals surface area contributed by atoms with Crippen molar-refractivity contribution >= 4 is 38.5 Å². The van der Waals surface area contributed by atoms with Gasteiger partial charge in [0.05, 0.1) is 10.7 Å². The van der Waals surface area contributed by atoms with E-state index in [1.807, 2.05) is 22.6 Å². The molecule has 0 saturated carbocycles. The Kier molecular flexibility index (Phi) is 4.66. The molecule has 106 valence electrons. The zero-order valence-electron chi connectivity index (χ0n) is 9.29. The SMILES string of the molecule is COc1cc(C(=O)NS(=O)(=O)C(F)(F)F)ccc1I. The molecule has 10 heteroatoms. The van der Waals surface area contributed by atoms with Gasteiger partial charge in [0.1, 0.15) is 5.75 Å². The summed E-state index contributed by atoms with van der Waals surface area (Å²) in [5.41, 5.74) is -5.80. The molecule has 0 radical (unpaired) electrons. The normalized spacial score (nSPS) is 12.1. The molecule has 0 heterocycles. The first-order chi connectivity index (χ1) is 8.58. The summed E-state index contributed by atoms with van der Waals surface area (Å²) in [5, 5.41) is 0. The van der Waals surface area contributed by atoms with Crippen molar-refractivity contribution in [1.29, 1.82) is 0 Å². The number of carbonyl (C=O) groups excluding carboxylic acids is 1. The van der Waals surface area contributed by atoms with Crippen molar-refractivity contribution in [2.24, 2.45) is 0 Å². The lowest BCUT2D eigenvalue weighted by Crippen LogP contribution is -2.40. The number of amides is 1. The van der Waals surface area contributed by atoms with Gasteiger partial charge in [0.2, 0.25) is 0 Å². The first kappa shape index (κ1) is 16.0. The number of sulfonamides is 1. The van der Waals surface area contributed by atoms with Gasteiger partial charge >= 0.3 is 15.5 Å². The molecule has 1 aromatic carbocycles. The molecule has 0 unspecified atom stereocenters. The van der Waals surface area contributed by atoms with E-state index in [1.54, 1.807) is 0 Å². The number of carbonyl (C=O) groups is 1. The highest BCUT2D eigenvalue weighted by Gasteiger charge is 2.47. The Morgan fingerprint density at radius 1 is 1.37 bits per heavy atom. The standard InChI is InChI=1S/C9H7F3INO4S/c1-18-7-4-5(2-3-6(7)13)8(15)14-19(16,17)9(10,11)12/h2-4H,1H3,(H,14,15). The summed E-state index contributed by atoms with van der Waals surface area (Å²) in [6, 6.07) is 3.74. The van der Waals surface area contributed by atoms with Crippen molar-refractivity contribution < 1.29 is 31.1 Å². The lowest BCUT2D eigenvalue weighted by atomic mass is 10.2. The van der Waals surface area contributed by atoms with E-state index in [-0.39, 0.29) is 11.3 Å². The van der Waals surface area contributed by atoms with Gasteiger partial charge in [0, 0.05) is 5.56 Å². The average Bonchev–Trinajstić information content (AvgIpc) is 2.27. The fourth-order valence-electron chi connectivity index (χ4n) is 1.04. The smallest absolute Gasteiger partial charge is 0.496 e. The minimum atomic E-state index is -5.72. The first-order valence-corrected chi connectivity index (χ1v) is 7.11. The Morgan fingerprint density at radius 2 is 1.95 bits per heavy atom. The van der Waals surface area contributed by atoms with Gasteiger partial charge in [-0.1, -0.05) is 0 Å². The molecule has 0 spiro atoms. The Balaban J connectivity index is 3.03. The quantitative estimate of drug-likeness (QED) is 0.775. The Labute approximate surface area is 120 Å². The van der Waals surface area contributed by atoms with Crippen LogP contribution < -0.4 is 9.46 Å². The van der Waals surface area contributed by atoms with E-state index in [0.29, 0.717) is 3.57 Å². The van der Waals surface area contributed by atoms with E-state index in [2.05, 4.69) is 0 Å². The molecular weight excluding hydrogens is 402 g/mol.